The molecule has 2 aliphatic heterocycles. The standard InChI is InChI=1S/C18H24N4O3/c19-9-13-1-5-17(6-2-13)25-8-7-14(20)10-22-15-3-4-16(22)12-21(11-15)18(23)24/h1-2,5-6,14-16H,3-4,7-8,10-12,20H2,(H,23,24). The van der Waals surface area contributed by atoms with Gasteiger partial charge in [-0.25, -0.2) is 4.79 Å². The lowest BCUT2D eigenvalue weighted by Crippen LogP contribution is -2.57. The van der Waals surface area contributed by atoms with Crippen LogP contribution in [0.3, 0.4) is 0 Å². The largest absolute Gasteiger partial charge is 0.494 e. The molecule has 2 fully saturated rings. The summed E-state index contributed by atoms with van der Waals surface area (Å²) in [6, 6.07) is 9.70. The van der Waals surface area contributed by atoms with Gasteiger partial charge in [-0.3, -0.25) is 4.90 Å². The molecule has 7 heteroatoms. The molecule has 3 atom stereocenters. The maximum absolute atomic E-state index is 11.2. The second-order valence-corrected chi connectivity index (χ2v) is 6.80. The van der Waals surface area contributed by atoms with Crippen molar-refractivity contribution in [1.29, 1.82) is 5.26 Å². The van der Waals surface area contributed by atoms with E-state index in [1.54, 1.807) is 24.3 Å². The molecule has 3 rings (SSSR count). The first-order chi connectivity index (χ1) is 12.1. The monoisotopic (exact) mass is 344 g/mol. The first-order valence-corrected chi connectivity index (χ1v) is 8.69. The number of hydrogen-bond acceptors (Lipinski definition) is 5. The third kappa shape index (κ3) is 4.21. The highest BCUT2D eigenvalue weighted by atomic mass is 16.5. The van der Waals surface area contributed by atoms with Gasteiger partial charge in [0.25, 0.3) is 0 Å². The zero-order valence-electron chi connectivity index (χ0n) is 14.2. The van der Waals surface area contributed by atoms with Crippen LogP contribution in [0.2, 0.25) is 0 Å². The molecular weight excluding hydrogens is 320 g/mol. The lowest BCUT2D eigenvalue weighted by atomic mass is 10.1. The Bertz CT molecular complexity index is 629. The molecule has 0 saturated carbocycles. The Kier molecular flexibility index (Phi) is 5.41. The number of nitrogens with two attached hydrogens (primary N) is 1. The summed E-state index contributed by atoms with van der Waals surface area (Å²) in [5, 5.41) is 18.0. The Balaban J connectivity index is 1.43. The Morgan fingerprint density at radius 3 is 2.52 bits per heavy atom. The number of carboxylic acid groups (broad SMARTS) is 1. The number of nitrogens with zero attached hydrogens (tertiary/aromatic N) is 3. The molecule has 134 valence electrons. The van der Waals surface area contributed by atoms with Gasteiger partial charge in [0.2, 0.25) is 0 Å². The second kappa shape index (κ2) is 7.72. The van der Waals surface area contributed by atoms with Crippen LogP contribution >= 0.6 is 0 Å². The lowest BCUT2D eigenvalue weighted by molar-refractivity contribution is 0.0581. The number of likely N-dealkylation sites (tertiary alicyclic amines) is 1. The zero-order chi connectivity index (χ0) is 17.8. The van der Waals surface area contributed by atoms with Gasteiger partial charge in [0.15, 0.2) is 0 Å². The maximum atomic E-state index is 11.2. The van der Waals surface area contributed by atoms with Crippen molar-refractivity contribution in [3.8, 4) is 11.8 Å². The molecule has 25 heavy (non-hydrogen) atoms. The van der Waals surface area contributed by atoms with Gasteiger partial charge in [-0.1, -0.05) is 0 Å². The van der Waals surface area contributed by atoms with Crippen LogP contribution in [0.4, 0.5) is 4.79 Å². The van der Waals surface area contributed by atoms with Crippen molar-refractivity contribution in [1.82, 2.24) is 9.80 Å². The Morgan fingerprint density at radius 1 is 1.32 bits per heavy atom. The Hall–Kier alpha value is -2.30. The van der Waals surface area contributed by atoms with Crippen LogP contribution in [-0.4, -0.2) is 65.4 Å². The molecular formula is C18H24N4O3. The fraction of sp³-hybridized carbons (Fsp3) is 0.556. The van der Waals surface area contributed by atoms with Crippen molar-refractivity contribution in [3.05, 3.63) is 29.8 Å². The van der Waals surface area contributed by atoms with Gasteiger partial charge >= 0.3 is 6.09 Å². The van der Waals surface area contributed by atoms with Crippen LogP contribution in [0.5, 0.6) is 5.75 Å². The van der Waals surface area contributed by atoms with Crippen LogP contribution in [0.15, 0.2) is 24.3 Å². The number of amides is 1. The van der Waals surface area contributed by atoms with Crippen LogP contribution < -0.4 is 10.5 Å². The summed E-state index contributed by atoms with van der Waals surface area (Å²) < 4.78 is 5.69. The van der Waals surface area contributed by atoms with E-state index in [0.717, 1.165) is 31.6 Å². The normalized spacial score (nSPS) is 23.9. The molecule has 7 nitrogen and oxygen atoms in total. The number of fused-ring (bicyclic) bond motifs is 2. The lowest BCUT2D eigenvalue weighted by Gasteiger charge is -2.40. The van der Waals surface area contributed by atoms with E-state index in [4.69, 9.17) is 15.7 Å². The number of rotatable bonds is 6. The number of carbonyl (C=O) groups is 1. The average Bonchev–Trinajstić information content (AvgIpc) is 2.83. The summed E-state index contributed by atoms with van der Waals surface area (Å²) >= 11 is 0. The van der Waals surface area contributed by atoms with Gasteiger partial charge in [-0.2, -0.15) is 5.26 Å². The third-order valence-electron chi connectivity index (χ3n) is 5.09. The summed E-state index contributed by atoms with van der Waals surface area (Å²) in [4.78, 5) is 15.1. The average molecular weight is 344 g/mol. The quantitative estimate of drug-likeness (QED) is 0.810. The van der Waals surface area contributed by atoms with Crippen LogP contribution in [-0.2, 0) is 0 Å². The van der Waals surface area contributed by atoms with Crippen molar-refractivity contribution in [2.24, 2.45) is 5.73 Å². The zero-order valence-corrected chi connectivity index (χ0v) is 14.2. The molecule has 2 bridgehead atoms. The Labute approximate surface area is 147 Å². The van der Waals surface area contributed by atoms with Crippen LogP contribution in [0.25, 0.3) is 0 Å². The second-order valence-electron chi connectivity index (χ2n) is 6.80. The molecule has 0 spiro atoms. The highest BCUT2D eigenvalue weighted by molar-refractivity contribution is 5.65. The highest BCUT2D eigenvalue weighted by Gasteiger charge is 2.41. The number of nitriles is 1. The van der Waals surface area contributed by atoms with Crippen LogP contribution in [0, 0.1) is 11.3 Å². The minimum Gasteiger partial charge on any atom is -0.494 e. The van der Waals surface area contributed by atoms with E-state index in [-0.39, 0.29) is 6.04 Å². The van der Waals surface area contributed by atoms with Gasteiger partial charge in [0.05, 0.1) is 18.2 Å². The molecule has 2 saturated heterocycles. The van der Waals surface area contributed by atoms with Crippen molar-refractivity contribution < 1.29 is 14.6 Å². The Morgan fingerprint density at radius 2 is 1.96 bits per heavy atom. The van der Waals surface area contributed by atoms with Crippen molar-refractivity contribution in [3.63, 3.8) is 0 Å². The predicted octanol–water partition coefficient (Wildman–Crippen LogP) is 1.48. The van der Waals surface area contributed by atoms with E-state index < -0.39 is 6.09 Å². The molecule has 3 N–H and O–H groups in total. The molecule has 2 heterocycles. The number of ether oxygens (including phenoxy) is 1. The van der Waals surface area contributed by atoms with Crippen molar-refractivity contribution >= 4 is 6.09 Å². The first kappa shape index (κ1) is 17.5. The fourth-order valence-corrected chi connectivity index (χ4v) is 3.76. The van der Waals surface area contributed by atoms with Crippen molar-refractivity contribution in [2.45, 2.75) is 37.4 Å². The summed E-state index contributed by atoms with van der Waals surface area (Å²) in [6.07, 6.45) is 2.00. The van der Waals surface area contributed by atoms with Crippen LogP contribution in [0.1, 0.15) is 24.8 Å². The summed E-state index contributed by atoms with van der Waals surface area (Å²) in [5.74, 6) is 0.737. The molecule has 3 unspecified atom stereocenters. The summed E-state index contributed by atoms with van der Waals surface area (Å²) in [6.45, 7) is 2.47. The van der Waals surface area contributed by atoms with E-state index in [1.165, 1.54) is 4.90 Å². The van der Waals surface area contributed by atoms with Gasteiger partial charge in [0, 0.05) is 37.8 Å². The van der Waals surface area contributed by atoms with Gasteiger partial charge in [-0.05, 0) is 43.5 Å². The number of piperazine rings is 1. The van der Waals surface area contributed by atoms with E-state index >= 15 is 0 Å². The van der Waals surface area contributed by atoms with Gasteiger partial charge in [-0.15, -0.1) is 0 Å². The molecule has 0 radical (unpaired) electrons. The van der Waals surface area contributed by atoms with Gasteiger partial charge in [0.1, 0.15) is 5.75 Å². The SMILES string of the molecule is N#Cc1ccc(OCCC(N)CN2C3CCC2CN(C(=O)O)C3)cc1. The van der Waals surface area contributed by atoms with E-state index in [0.29, 0.717) is 37.3 Å². The molecule has 0 aliphatic carbocycles. The molecule has 1 amide bonds. The van der Waals surface area contributed by atoms with E-state index in [1.807, 2.05) is 0 Å². The maximum Gasteiger partial charge on any atom is 0.407 e. The molecule has 1 aromatic rings. The molecule has 2 aliphatic rings. The molecule has 1 aromatic carbocycles. The molecule has 0 aromatic heterocycles. The first-order valence-electron chi connectivity index (χ1n) is 8.69. The summed E-state index contributed by atoms with van der Waals surface area (Å²) in [7, 11) is 0. The van der Waals surface area contributed by atoms with E-state index in [9.17, 15) is 9.90 Å². The minimum atomic E-state index is -0.823. The third-order valence-corrected chi connectivity index (χ3v) is 5.09. The predicted molar refractivity (Wildman–Crippen MR) is 92.4 cm³/mol. The number of hydrogen-bond donors (Lipinski definition) is 2. The fourth-order valence-electron chi connectivity index (χ4n) is 3.76. The van der Waals surface area contributed by atoms with E-state index in [2.05, 4.69) is 11.0 Å². The summed E-state index contributed by atoms with van der Waals surface area (Å²) in [5.41, 5.74) is 6.88. The number of benzene rings is 1. The topological polar surface area (TPSA) is 103 Å². The van der Waals surface area contributed by atoms with Crippen molar-refractivity contribution in [2.75, 3.05) is 26.2 Å². The smallest absolute Gasteiger partial charge is 0.407 e. The minimum absolute atomic E-state index is 0.00198. The van der Waals surface area contributed by atoms with Gasteiger partial charge < -0.3 is 20.5 Å². The highest BCUT2D eigenvalue weighted by Crippen LogP contribution is 2.30.